The number of hydrogen-bond acceptors (Lipinski definition) is 2. The van der Waals surface area contributed by atoms with Gasteiger partial charge in [-0.3, -0.25) is 9.59 Å². The molecule has 0 radical (unpaired) electrons. The number of piperidine rings is 1. The first kappa shape index (κ1) is 15.7. The first-order valence-corrected chi connectivity index (χ1v) is 9.44. The maximum atomic E-state index is 12.8. The lowest BCUT2D eigenvalue weighted by Gasteiger charge is -2.37. The molecule has 0 aromatic carbocycles. The fraction of sp³-hybridized carbons (Fsp3) is 0.684. The van der Waals surface area contributed by atoms with Crippen molar-refractivity contribution in [2.45, 2.75) is 57.3 Å². The lowest BCUT2D eigenvalue weighted by atomic mass is 9.77. The van der Waals surface area contributed by atoms with Crippen LogP contribution in [0.15, 0.2) is 12.1 Å². The van der Waals surface area contributed by atoms with Crippen molar-refractivity contribution in [3.8, 4) is 0 Å². The molecule has 0 bridgehead atoms. The molecule has 2 amide bonds. The van der Waals surface area contributed by atoms with Crippen molar-refractivity contribution in [1.29, 1.82) is 0 Å². The largest absolute Gasteiger partial charge is 0.356 e. The lowest BCUT2D eigenvalue weighted by Crippen LogP contribution is -2.46. The first-order valence-electron chi connectivity index (χ1n) is 9.44. The SMILES string of the molecule is O=C(c1ccc(C2CCCCC2)[nH]1)N1CCC2(CCNC2=O)CC1. The van der Waals surface area contributed by atoms with Crippen LogP contribution in [0.1, 0.15) is 73.5 Å². The molecule has 4 rings (SSSR count). The van der Waals surface area contributed by atoms with Gasteiger partial charge < -0.3 is 15.2 Å². The van der Waals surface area contributed by atoms with E-state index < -0.39 is 0 Å². The topological polar surface area (TPSA) is 65.2 Å². The molecule has 0 unspecified atom stereocenters. The van der Waals surface area contributed by atoms with E-state index in [9.17, 15) is 9.59 Å². The van der Waals surface area contributed by atoms with E-state index in [2.05, 4.69) is 16.4 Å². The monoisotopic (exact) mass is 329 g/mol. The Kier molecular flexibility index (Phi) is 4.10. The number of rotatable bonds is 2. The molecular formula is C19H27N3O2. The Balaban J connectivity index is 1.40. The molecule has 2 aliphatic heterocycles. The number of aromatic nitrogens is 1. The van der Waals surface area contributed by atoms with Crippen LogP contribution in [0, 0.1) is 5.41 Å². The normalized spacial score (nSPS) is 24.3. The third kappa shape index (κ3) is 2.74. The zero-order valence-corrected chi connectivity index (χ0v) is 14.3. The molecule has 5 heteroatoms. The molecule has 1 aromatic rings. The average molecular weight is 329 g/mol. The van der Waals surface area contributed by atoms with E-state index in [4.69, 9.17) is 0 Å². The number of hydrogen-bond donors (Lipinski definition) is 2. The summed E-state index contributed by atoms with van der Waals surface area (Å²) in [6.07, 6.45) is 8.90. The molecular weight excluding hydrogens is 302 g/mol. The van der Waals surface area contributed by atoms with Crippen LogP contribution in [0.5, 0.6) is 0 Å². The van der Waals surface area contributed by atoms with Crippen molar-refractivity contribution in [3.63, 3.8) is 0 Å². The average Bonchev–Trinajstić information content (AvgIpc) is 3.24. The van der Waals surface area contributed by atoms with Crippen LogP contribution in [0.4, 0.5) is 0 Å². The zero-order chi connectivity index (χ0) is 16.6. The van der Waals surface area contributed by atoms with Gasteiger partial charge in [0.15, 0.2) is 0 Å². The highest BCUT2D eigenvalue weighted by Crippen LogP contribution is 2.38. The number of amides is 2. The molecule has 1 aromatic heterocycles. The third-order valence-corrected chi connectivity index (χ3v) is 6.36. The molecule has 2 saturated heterocycles. The second-order valence-electron chi connectivity index (χ2n) is 7.74. The van der Waals surface area contributed by atoms with Crippen LogP contribution in [-0.4, -0.2) is 41.3 Å². The van der Waals surface area contributed by atoms with Gasteiger partial charge in [0.05, 0.1) is 5.41 Å². The predicted octanol–water partition coefficient (Wildman–Crippen LogP) is 2.80. The van der Waals surface area contributed by atoms with E-state index in [1.807, 2.05) is 11.0 Å². The Morgan fingerprint density at radius 2 is 1.83 bits per heavy atom. The van der Waals surface area contributed by atoms with Gasteiger partial charge in [0.1, 0.15) is 5.69 Å². The van der Waals surface area contributed by atoms with Crippen LogP contribution in [0.2, 0.25) is 0 Å². The second kappa shape index (κ2) is 6.26. The Hall–Kier alpha value is -1.78. The molecule has 3 fully saturated rings. The van der Waals surface area contributed by atoms with Gasteiger partial charge in [-0.05, 0) is 50.2 Å². The fourth-order valence-corrected chi connectivity index (χ4v) is 4.69. The molecule has 1 aliphatic carbocycles. The smallest absolute Gasteiger partial charge is 0.270 e. The third-order valence-electron chi connectivity index (χ3n) is 6.36. The number of carbonyl (C=O) groups excluding carboxylic acids is 2. The number of nitrogens with one attached hydrogen (secondary N) is 2. The molecule has 5 nitrogen and oxygen atoms in total. The minimum atomic E-state index is -0.209. The molecule has 1 spiro atoms. The fourth-order valence-electron chi connectivity index (χ4n) is 4.69. The molecule has 24 heavy (non-hydrogen) atoms. The molecule has 3 heterocycles. The standard InChI is InChI=1S/C19H27N3O2/c23-17(16-7-6-15(21-16)14-4-2-1-3-5-14)22-12-9-19(10-13-22)8-11-20-18(19)24/h6-7,14,21H,1-5,8-13H2,(H,20,24). The molecule has 3 aliphatic rings. The van der Waals surface area contributed by atoms with E-state index in [1.165, 1.54) is 37.8 Å². The number of aromatic amines is 1. The molecule has 130 valence electrons. The van der Waals surface area contributed by atoms with Gasteiger partial charge in [0.25, 0.3) is 5.91 Å². The van der Waals surface area contributed by atoms with E-state index >= 15 is 0 Å². The van der Waals surface area contributed by atoms with Crippen LogP contribution >= 0.6 is 0 Å². The zero-order valence-electron chi connectivity index (χ0n) is 14.3. The van der Waals surface area contributed by atoms with E-state index in [1.54, 1.807) is 0 Å². The van der Waals surface area contributed by atoms with Crippen molar-refractivity contribution >= 4 is 11.8 Å². The van der Waals surface area contributed by atoms with Crippen LogP contribution in [-0.2, 0) is 4.79 Å². The van der Waals surface area contributed by atoms with Crippen molar-refractivity contribution < 1.29 is 9.59 Å². The number of likely N-dealkylation sites (tertiary alicyclic amines) is 1. The second-order valence-corrected chi connectivity index (χ2v) is 7.74. The van der Waals surface area contributed by atoms with Crippen LogP contribution in [0.25, 0.3) is 0 Å². The highest BCUT2D eigenvalue weighted by Gasteiger charge is 2.45. The van der Waals surface area contributed by atoms with E-state index in [0.717, 1.165) is 25.8 Å². The van der Waals surface area contributed by atoms with Crippen molar-refractivity contribution in [3.05, 3.63) is 23.5 Å². The van der Waals surface area contributed by atoms with Gasteiger partial charge in [-0.1, -0.05) is 19.3 Å². The van der Waals surface area contributed by atoms with Crippen molar-refractivity contribution in [1.82, 2.24) is 15.2 Å². The van der Waals surface area contributed by atoms with Crippen molar-refractivity contribution in [2.75, 3.05) is 19.6 Å². The lowest BCUT2D eigenvalue weighted by molar-refractivity contribution is -0.129. The number of carbonyl (C=O) groups is 2. The Bertz CT molecular complexity index is 622. The first-order chi connectivity index (χ1) is 11.7. The summed E-state index contributed by atoms with van der Waals surface area (Å²) < 4.78 is 0. The summed E-state index contributed by atoms with van der Waals surface area (Å²) in [7, 11) is 0. The Morgan fingerprint density at radius 3 is 2.50 bits per heavy atom. The summed E-state index contributed by atoms with van der Waals surface area (Å²) in [5, 5.41) is 2.95. The van der Waals surface area contributed by atoms with Gasteiger partial charge in [0, 0.05) is 25.3 Å². The van der Waals surface area contributed by atoms with E-state index in [0.29, 0.717) is 24.7 Å². The maximum absolute atomic E-state index is 12.8. The summed E-state index contributed by atoms with van der Waals surface area (Å²) in [5.74, 6) is 0.867. The number of H-pyrrole nitrogens is 1. The maximum Gasteiger partial charge on any atom is 0.270 e. The van der Waals surface area contributed by atoms with Gasteiger partial charge in [-0.25, -0.2) is 0 Å². The van der Waals surface area contributed by atoms with E-state index in [-0.39, 0.29) is 17.2 Å². The molecule has 1 saturated carbocycles. The van der Waals surface area contributed by atoms with Gasteiger partial charge in [-0.15, -0.1) is 0 Å². The summed E-state index contributed by atoms with van der Waals surface area (Å²) >= 11 is 0. The van der Waals surface area contributed by atoms with Crippen molar-refractivity contribution in [2.24, 2.45) is 5.41 Å². The minimum Gasteiger partial charge on any atom is -0.356 e. The number of nitrogens with zero attached hydrogens (tertiary/aromatic N) is 1. The molecule has 0 atom stereocenters. The Labute approximate surface area is 143 Å². The quantitative estimate of drug-likeness (QED) is 0.876. The predicted molar refractivity (Wildman–Crippen MR) is 91.8 cm³/mol. The van der Waals surface area contributed by atoms with Crippen LogP contribution in [0.3, 0.4) is 0 Å². The summed E-state index contributed by atoms with van der Waals surface area (Å²) in [6.45, 7) is 2.15. The van der Waals surface area contributed by atoms with Crippen LogP contribution < -0.4 is 5.32 Å². The summed E-state index contributed by atoms with van der Waals surface area (Å²) in [4.78, 5) is 30.1. The highest BCUT2D eigenvalue weighted by molar-refractivity contribution is 5.93. The summed E-state index contributed by atoms with van der Waals surface area (Å²) in [5.41, 5.74) is 1.73. The molecule has 2 N–H and O–H groups in total. The van der Waals surface area contributed by atoms with Gasteiger partial charge in [0.2, 0.25) is 5.91 Å². The highest BCUT2D eigenvalue weighted by atomic mass is 16.2. The Morgan fingerprint density at radius 1 is 1.08 bits per heavy atom. The van der Waals surface area contributed by atoms with Gasteiger partial charge in [-0.2, -0.15) is 0 Å². The minimum absolute atomic E-state index is 0.0883. The summed E-state index contributed by atoms with van der Waals surface area (Å²) in [6, 6.07) is 4.04. The van der Waals surface area contributed by atoms with Gasteiger partial charge >= 0.3 is 0 Å².